The number of carbonyl (C=O) groups is 4. The highest BCUT2D eigenvalue weighted by atomic mass is 16.5. The molecule has 0 unspecified atom stereocenters. The predicted octanol–water partition coefficient (Wildman–Crippen LogP) is 7.78. The predicted molar refractivity (Wildman–Crippen MR) is 189 cm³/mol. The third-order valence-electron chi connectivity index (χ3n) is 6.98. The van der Waals surface area contributed by atoms with Gasteiger partial charge in [-0.15, -0.1) is 0 Å². The van der Waals surface area contributed by atoms with Crippen LogP contribution >= 0.6 is 0 Å². The normalized spacial score (nSPS) is 10.6. The SMILES string of the molecule is C=C(C)C(=O)OCCCCCCOc1ccc(/C=C/C(=O)Oc2ccc(OC(=O)c3ccc(OCCCOC(=O)C(=C)C)cc3)cc2C)cc1. The Hall–Kier alpha value is -5.64. The maximum absolute atomic E-state index is 12.7. The maximum atomic E-state index is 12.7. The number of benzene rings is 3. The average molecular weight is 685 g/mol. The Morgan fingerprint density at radius 2 is 1.14 bits per heavy atom. The molecule has 0 aliphatic rings. The van der Waals surface area contributed by atoms with E-state index in [1.807, 2.05) is 24.3 Å². The Bertz CT molecular complexity index is 1650. The largest absolute Gasteiger partial charge is 0.494 e. The zero-order valence-electron chi connectivity index (χ0n) is 28.9. The van der Waals surface area contributed by atoms with E-state index in [2.05, 4.69) is 13.2 Å². The van der Waals surface area contributed by atoms with Crippen LogP contribution in [0.5, 0.6) is 23.0 Å². The Morgan fingerprint density at radius 3 is 1.72 bits per heavy atom. The zero-order valence-corrected chi connectivity index (χ0v) is 28.9. The zero-order chi connectivity index (χ0) is 36.3. The van der Waals surface area contributed by atoms with Crippen molar-refractivity contribution in [1.29, 1.82) is 0 Å². The van der Waals surface area contributed by atoms with E-state index in [0.717, 1.165) is 37.0 Å². The molecule has 0 atom stereocenters. The summed E-state index contributed by atoms with van der Waals surface area (Å²) in [4.78, 5) is 47.9. The third-order valence-corrected chi connectivity index (χ3v) is 6.98. The van der Waals surface area contributed by atoms with E-state index in [4.69, 9.17) is 28.4 Å². The Morgan fingerprint density at radius 1 is 0.620 bits per heavy atom. The summed E-state index contributed by atoms with van der Waals surface area (Å²) >= 11 is 0. The van der Waals surface area contributed by atoms with Crippen LogP contribution in [0.25, 0.3) is 6.08 Å². The second-order valence-corrected chi connectivity index (χ2v) is 11.5. The van der Waals surface area contributed by atoms with Crippen LogP contribution in [0, 0.1) is 6.92 Å². The van der Waals surface area contributed by atoms with Crippen molar-refractivity contribution in [3.05, 3.63) is 114 Å². The van der Waals surface area contributed by atoms with Gasteiger partial charge in [-0.05, 0) is 118 Å². The quantitative estimate of drug-likeness (QED) is 0.0504. The van der Waals surface area contributed by atoms with Gasteiger partial charge < -0.3 is 28.4 Å². The second-order valence-electron chi connectivity index (χ2n) is 11.5. The Labute approximate surface area is 293 Å². The minimum atomic E-state index is -0.553. The number of esters is 4. The average Bonchev–Trinajstić information content (AvgIpc) is 3.10. The van der Waals surface area contributed by atoms with Gasteiger partial charge in [0, 0.05) is 23.6 Å². The molecule has 0 heterocycles. The standard InChI is InChI=1S/C40H44O10/c1-28(2)38(42)47-24-9-7-6-8-23-45-33-16-11-31(12-17-33)13-22-37(41)50-36-21-20-35(27-30(36)5)49-40(44)32-14-18-34(19-15-32)46-25-10-26-48-39(43)29(3)4/h11-22,27H,1,3,6-10,23-26H2,2,4-5H3/b22-13+. The topological polar surface area (TPSA) is 124 Å². The van der Waals surface area contributed by atoms with Gasteiger partial charge in [-0.25, -0.2) is 19.2 Å². The number of carbonyl (C=O) groups excluding carboxylic acids is 4. The summed E-state index contributed by atoms with van der Waals surface area (Å²) in [6.07, 6.45) is 7.09. The van der Waals surface area contributed by atoms with Crippen molar-refractivity contribution in [2.75, 3.05) is 26.4 Å². The van der Waals surface area contributed by atoms with Crippen molar-refractivity contribution in [2.45, 2.75) is 52.9 Å². The fraction of sp³-hybridized carbons (Fsp3) is 0.300. The second kappa shape index (κ2) is 20.7. The van der Waals surface area contributed by atoms with E-state index in [0.29, 0.717) is 65.8 Å². The van der Waals surface area contributed by atoms with Gasteiger partial charge in [0.1, 0.15) is 23.0 Å². The molecule has 0 aromatic heterocycles. The lowest BCUT2D eigenvalue weighted by molar-refractivity contribution is -0.140. The molecule has 264 valence electrons. The molecule has 10 heteroatoms. The fourth-order valence-corrected chi connectivity index (χ4v) is 4.21. The first-order valence-corrected chi connectivity index (χ1v) is 16.4. The van der Waals surface area contributed by atoms with Gasteiger partial charge in [0.25, 0.3) is 0 Å². The number of hydrogen-bond acceptors (Lipinski definition) is 10. The van der Waals surface area contributed by atoms with E-state index in [1.54, 1.807) is 69.3 Å². The minimum absolute atomic E-state index is 0.221. The Kier molecular flexibility index (Phi) is 16.0. The van der Waals surface area contributed by atoms with E-state index in [-0.39, 0.29) is 12.6 Å². The summed E-state index contributed by atoms with van der Waals surface area (Å²) in [5.74, 6) is 0.0410. The van der Waals surface area contributed by atoms with Crippen molar-refractivity contribution >= 4 is 30.0 Å². The maximum Gasteiger partial charge on any atom is 0.343 e. The van der Waals surface area contributed by atoms with Crippen molar-refractivity contribution < 1.29 is 47.6 Å². The molecule has 3 rings (SSSR count). The van der Waals surface area contributed by atoms with Crippen LogP contribution in [0.4, 0.5) is 0 Å². The highest BCUT2D eigenvalue weighted by Crippen LogP contribution is 2.25. The van der Waals surface area contributed by atoms with Gasteiger partial charge in [0.2, 0.25) is 0 Å². The summed E-state index contributed by atoms with van der Waals surface area (Å²) in [5, 5.41) is 0. The summed E-state index contributed by atoms with van der Waals surface area (Å²) in [7, 11) is 0. The van der Waals surface area contributed by atoms with Crippen LogP contribution in [-0.2, 0) is 23.9 Å². The molecule has 0 amide bonds. The number of unbranched alkanes of at least 4 members (excludes halogenated alkanes) is 3. The van der Waals surface area contributed by atoms with Crippen LogP contribution < -0.4 is 18.9 Å². The van der Waals surface area contributed by atoms with Crippen LogP contribution in [-0.4, -0.2) is 50.3 Å². The first-order valence-electron chi connectivity index (χ1n) is 16.4. The van der Waals surface area contributed by atoms with E-state index in [9.17, 15) is 19.2 Å². The molecular formula is C40H44O10. The van der Waals surface area contributed by atoms with Crippen LogP contribution in [0.3, 0.4) is 0 Å². The molecule has 3 aromatic carbocycles. The Balaban J connectivity index is 1.36. The molecule has 50 heavy (non-hydrogen) atoms. The van der Waals surface area contributed by atoms with Gasteiger partial charge in [-0.3, -0.25) is 0 Å². The molecule has 0 bridgehead atoms. The molecule has 0 spiro atoms. The summed E-state index contributed by atoms with van der Waals surface area (Å²) in [5.41, 5.74) is 2.50. The number of ether oxygens (including phenoxy) is 6. The molecule has 0 radical (unpaired) electrons. The lowest BCUT2D eigenvalue weighted by atomic mass is 10.2. The molecule has 10 nitrogen and oxygen atoms in total. The van der Waals surface area contributed by atoms with Crippen LogP contribution in [0.15, 0.2) is 97.1 Å². The fourth-order valence-electron chi connectivity index (χ4n) is 4.21. The number of rotatable bonds is 20. The van der Waals surface area contributed by atoms with Crippen LogP contribution in [0.1, 0.15) is 67.4 Å². The minimum Gasteiger partial charge on any atom is -0.494 e. The molecule has 3 aromatic rings. The lowest BCUT2D eigenvalue weighted by Gasteiger charge is -2.10. The molecule has 0 saturated carbocycles. The van der Waals surface area contributed by atoms with Gasteiger partial charge in [0.15, 0.2) is 0 Å². The van der Waals surface area contributed by atoms with E-state index in [1.165, 1.54) is 6.08 Å². The highest BCUT2D eigenvalue weighted by molar-refractivity contribution is 5.91. The number of aryl methyl sites for hydroxylation is 1. The lowest BCUT2D eigenvalue weighted by Crippen LogP contribution is -2.10. The summed E-state index contributed by atoms with van der Waals surface area (Å²) in [6.45, 7) is 13.6. The molecule has 0 aliphatic carbocycles. The van der Waals surface area contributed by atoms with Gasteiger partial charge >= 0.3 is 23.9 Å². The summed E-state index contributed by atoms with van der Waals surface area (Å²) in [6, 6.07) is 18.6. The third kappa shape index (κ3) is 14.2. The van der Waals surface area contributed by atoms with Crippen molar-refractivity contribution in [2.24, 2.45) is 0 Å². The molecule has 0 saturated heterocycles. The first kappa shape index (κ1) is 38.8. The molecule has 0 aliphatic heterocycles. The van der Waals surface area contributed by atoms with Crippen molar-refractivity contribution in [3.63, 3.8) is 0 Å². The summed E-state index contributed by atoms with van der Waals surface area (Å²) < 4.78 is 32.5. The highest BCUT2D eigenvalue weighted by Gasteiger charge is 2.12. The smallest absolute Gasteiger partial charge is 0.343 e. The van der Waals surface area contributed by atoms with Crippen molar-refractivity contribution in [3.8, 4) is 23.0 Å². The molecule has 0 N–H and O–H groups in total. The first-order chi connectivity index (χ1) is 24.0. The van der Waals surface area contributed by atoms with E-state index < -0.39 is 17.9 Å². The van der Waals surface area contributed by atoms with E-state index >= 15 is 0 Å². The van der Waals surface area contributed by atoms with Crippen molar-refractivity contribution in [1.82, 2.24) is 0 Å². The van der Waals surface area contributed by atoms with Crippen LogP contribution in [0.2, 0.25) is 0 Å². The van der Waals surface area contributed by atoms with Gasteiger partial charge in [-0.1, -0.05) is 25.3 Å². The molecular weight excluding hydrogens is 640 g/mol. The monoisotopic (exact) mass is 684 g/mol. The van der Waals surface area contributed by atoms with Gasteiger partial charge in [-0.2, -0.15) is 0 Å². The number of hydrogen-bond donors (Lipinski definition) is 0. The molecule has 0 fully saturated rings. The van der Waals surface area contributed by atoms with Gasteiger partial charge in [0.05, 0.1) is 32.0 Å².